The third kappa shape index (κ3) is 4.86. The van der Waals surface area contributed by atoms with Gasteiger partial charge in [0, 0.05) is 10.8 Å². The van der Waals surface area contributed by atoms with Crippen LogP contribution in [0.3, 0.4) is 0 Å². The highest BCUT2D eigenvalue weighted by Gasteiger charge is 2.25. The molecule has 0 saturated carbocycles. The topological polar surface area (TPSA) is 116 Å². The summed E-state index contributed by atoms with van der Waals surface area (Å²) in [6.07, 6.45) is 0. The van der Waals surface area contributed by atoms with Gasteiger partial charge in [-0.1, -0.05) is 37.3 Å². The predicted molar refractivity (Wildman–Crippen MR) is 121 cm³/mol. The third-order valence-corrected chi connectivity index (χ3v) is 6.28. The van der Waals surface area contributed by atoms with Crippen LogP contribution >= 0.6 is 11.3 Å². The highest BCUT2D eigenvalue weighted by Crippen LogP contribution is 2.36. The maximum absolute atomic E-state index is 12.7. The number of nitro groups is 1. The molecule has 0 aliphatic carbocycles. The summed E-state index contributed by atoms with van der Waals surface area (Å²) in [7, 11) is 0. The van der Waals surface area contributed by atoms with Crippen molar-refractivity contribution in [2.24, 2.45) is 0 Å². The molecule has 0 fully saturated rings. The van der Waals surface area contributed by atoms with Crippen LogP contribution in [0.15, 0.2) is 36.4 Å². The number of ether oxygens (including phenoxy) is 1. The third-order valence-electron chi connectivity index (χ3n) is 5.05. The van der Waals surface area contributed by atoms with Crippen molar-refractivity contribution in [1.29, 1.82) is 0 Å². The number of nitrogens with zero attached hydrogens (tertiary/aromatic N) is 3. The van der Waals surface area contributed by atoms with Crippen molar-refractivity contribution in [2.45, 2.75) is 40.2 Å². The smallest absolute Gasteiger partial charge is 0.341 e. The van der Waals surface area contributed by atoms with E-state index in [0.29, 0.717) is 5.00 Å². The van der Waals surface area contributed by atoms with Gasteiger partial charge >= 0.3 is 11.7 Å². The molecule has 0 spiro atoms. The van der Waals surface area contributed by atoms with E-state index in [1.165, 1.54) is 22.9 Å². The van der Waals surface area contributed by atoms with Crippen molar-refractivity contribution in [3.63, 3.8) is 0 Å². The summed E-state index contributed by atoms with van der Waals surface area (Å²) in [6, 6.07) is 11.6. The van der Waals surface area contributed by atoms with Crippen LogP contribution in [0.5, 0.6) is 0 Å². The van der Waals surface area contributed by atoms with E-state index in [4.69, 9.17) is 4.74 Å². The Bertz CT molecular complexity index is 1150. The molecule has 3 aromatic rings. The molecule has 32 heavy (non-hydrogen) atoms. The molecule has 0 radical (unpaired) electrons. The van der Waals surface area contributed by atoms with Gasteiger partial charge in [0.2, 0.25) is 5.91 Å². The minimum Gasteiger partial charge on any atom is -0.462 e. The van der Waals surface area contributed by atoms with Gasteiger partial charge in [0.1, 0.15) is 22.9 Å². The Morgan fingerprint density at radius 2 is 1.97 bits per heavy atom. The zero-order valence-electron chi connectivity index (χ0n) is 18.2. The lowest BCUT2D eigenvalue weighted by molar-refractivity contribution is -0.386. The van der Waals surface area contributed by atoms with E-state index in [1.54, 1.807) is 19.9 Å². The summed E-state index contributed by atoms with van der Waals surface area (Å²) in [5, 5.41) is 18.4. The molecule has 1 N–H and O–H groups in total. The lowest BCUT2D eigenvalue weighted by Gasteiger charge is -2.09. The molecular formula is C22H24N4O5S. The van der Waals surface area contributed by atoms with Crippen LogP contribution in [0.2, 0.25) is 0 Å². The number of amides is 1. The Labute approximate surface area is 189 Å². The van der Waals surface area contributed by atoms with Crippen LogP contribution in [-0.4, -0.2) is 33.2 Å². The zero-order valence-corrected chi connectivity index (χ0v) is 19.1. The van der Waals surface area contributed by atoms with Crippen molar-refractivity contribution < 1.29 is 19.2 Å². The van der Waals surface area contributed by atoms with Gasteiger partial charge in [0.15, 0.2) is 0 Å². The fourth-order valence-corrected chi connectivity index (χ4v) is 4.53. The summed E-state index contributed by atoms with van der Waals surface area (Å²) in [5.74, 6) is -0.956. The fraction of sp³-hybridized carbons (Fsp3) is 0.318. The Kier molecular flexibility index (Phi) is 7.04. The molecule has 10 heteroatoms. The summed E-state index contributed by atoms with van der Waals surface area (Å²) < 4.78 is 6.44. The van der Waals surface area contributed by atoms with Crippen LogP contribution in [0.1, 0.15) is 52.0 Å². The Morgan fingerprint density at radius 3 is 2.56 bits per heavy atom. The monoisotopic (exact) mass is 456 g/mol. The number of aromatic nitrogens is 2. The largest absolute Gasteiger partial charge is 0.462 e. The number of esters is 1. The molecule has 0 saturated heterocycles. The van der Waals surface area contributed by atoms with Gasteiger partial charge in [0.25, 0.3) is 0 Å². The molecule has 2 heterocycles. The number of hydrogen-bond donors (Lipinski definition) is 1. The van der Waals surface area contributed by atoms with E-state index in [1.807, 2.05) is 37.3 Å². The maximum Gasteiger partial charge on any atom is 0.341 e. The van der Waals surface area contributed by atoms with E-state index < -0.39 is 16.8 Å². The number of anilines is 1. The zero-order chi connectivity index (χ0) is 23.4. The summed E-state index contributed by atoms with van der Waals surface area (Å²) >= 11 is 1.30. The van der Waals surface area contributed by atoms with Crippen molar-refractivity contribution >= 4 is 33.9 Å². The van der Waals surface area contributed by atoms with Crippen molar-refractivity contribution in [2.75, 3.05) is 11.9 Å². The van der Waals surface area contributed by atoms with Gasteiger partial charge in [-0.2, -0.15) is 5.10 Å². The average molecular weight is 457 g/mol. The predicted octanol–water partition coefficient (Wildman–Crippen LogP) is 4.44. The Morgan fingerprint density at radius 1 is 1.28 bits per heavy atom. The first kappa shape index (κ1) is 23.1. The number of hydrogen-bond acceptors (Lipinski definition) is 7. The van der Waals surface area contributed by atoms with Gasteiger partial charge in [-0.3, -0.25) is 19.6 Å². The van der Waals surface area contributed by atoms with Gasteiger partial charge in [0.05, 0.1) is 17.1 Å². The first-order valence-corrected chi connectivity index (χ1v) is 10.9. The molecule has 1 amide bonds. The molecule has 168 valence electrons. The molecule has 1 unspecified atom stereocenters. The number of carbonyl (C=O) groups is 2. The Hall–Kier alpha value is -3.53. The van der Waals surface area contributed by atoms with E-state index in [2.05, 4.69) is 10.4 Å². The first-order valence-electron chi connectivity index (χ1n) is 10.1. The number of thiophene rings is 1. The first-order chi connectivity index (χ1) is 15.2. The summed E-state index contributed by atoms with van der Waals surface area (Å²) in [5.41, 5.74) is 1.78. The minimum atomic E-state index is -0.521. The molecular weight excluding hydrogens is 432 g/mol. The van der Waals surface area contributed by atoms with Crippen LogP contribution in [-0.2, 0) is 16.1 Å². The number of nitrogens with one attached hydrogen (secondary N) is 1. The number of benzene rings is 1. The molecule has 9 nitrogen and oxygen atoms in total. The lowest BCUT2D eigenvalue weighted by atomic mass is 9.99. The molecule has 0 aliphatic heterocycles. The Balaban J connectivity index is 1.87. The van der Waals surface area contributed by atoms with E-state index >= 15 is 0 Å². The average Bonchev–Trinajstić information content (AvgIpc) is 3.28. The number of carbonyl (C=O) groups excluding carboxylic acids is 2. The second-order valence-electron chi connectivity index (χ2n) is 7.23. The van der Waals surface area contributed by atoms with Crippen molar-refractivity contribution in [1.82, 2.24) is 9.78 Å². The normalized spacial score (nSPS) is 11.8. The summed E-state index contributed by atoms with van der Waals surface area (Å²) in [6.45, 7) is 6.79. The van der Waals surface area contributed by atoms with E-state index in [0.717, 1.165) is 10.4 Å². The molecule has 2 aromatic heterocycles. The highest BCUT2D eigenvalue weighted by molar-refractivity contribution is 7.16. The van der Waals surface area contributed by atoms with Gasteiger partial charge in [-0.05, 0) is 32.4 Å². The van der Waals surface area contributed by atoms with E-state index in [9.17, 15) is 19.7 Å². The maximum atomic E-state index is 12.7. The van der Waals surface area contributed by atoms with Crippen molar-refractivity contribution in [3.8, 4) is 0 Å². The lowest BCUT2D eigenvalue weighted by Crippen LogP contribution is -2.21. The SMILES string of the molecule is CCOC(=O)c1cc(C(C)c2ccccc2)sc1NC(=O)Cn1nc(C)c([N+](=O)[O-])c1C. The molecule has 0 bridgehead atoms. The number of aryl methyl sites for hydroxylation is 1. The second-order valence-corrected chi connectivity index (χ2v) is 8.31. The molecule has 0 aliphatic rings. The number of rotatable bonds is 8. The molecule has 1 atom stereocenters. The minimum absolute atomic E-state index is 0.0127. The molecule has 3 rings (SSSR count). The van der Waals surface area contributed by atoms with Crippen LogP contribution in [0.25, 0.3) is 0 Å². The summed E-state index contributed by atoms with van der Waals surface area (Å²) in [4.78, 5) is 36.8. The second kappa shape index (κ2) is 9.73. The van der Waals surface area contributed by atoms with Crippen molar-refractivity contribution in [3.05, 3.63) is 73.9 Å². The quantitative estimate of drug-likeness (QED) is 0.304. The van der Waals surface area contributed by atoms with Gasteiger partial charge in [-0.15, -0.1) is 11.3 Å². The van der Waals surface area contributed by atoms with Gasteiger partial charge < -0.3 is 10.1 Å². The fourth-order valence-electron chi connectivity index (χ4n) is 3.39. The van der Waals surface area contributed by atoms with Crippen LogP contribution in [0.4, 0.5) is 10.7 Å². The van der Waals surface area contributed by atoms with Crippen LogP contribution in [0, 0.1) is 24.0 Å². The molecule has 1 aromatic carbocycles. The van der Waals surface area contributed by atoms with Gasteiger partial charge in [-0.25, -0.2) is 4.79 Å². The highest BCUT2D eigenvalue weighted by atomic mass is 32.1. The van der Waals surface area contributed by atoms with Crippen LogP contribution < -0.4 is 5.32 Å². The van der Waals surface area contributed by atoms with E-state index in [-0.39, 0.29) is 41.7 Å². The standard InChI is InChI=1S/C22H24N4O5S/c1-5-31-22(28)17-11-18(13(2)16-9-7-6-8-10-16)32-21(17)23-19(27)12-25-15(4)20(26(29)30)14(3)24-25/h6-11,13H,5,12H2,1-4H3,(H,23,27).